The maximum atomic E-state index is 12.3. The summed E-state index contributed by atoms with van der Waals surface area (Å²) < 4.78 is 1.68. The van der Waals surface area contributed by atoms with E-state index in [1.165, 1.54) is 11.3 Å². The molecule has 25 heavy (non-hydrogen) atoms. The molecule has 4 heterocycles. The Morgan fingerprint density at radius 3 is 2.76 bits per heavy atom. The van der Waals surface area contributed by atoms with Crippen LogP contribution in [-0.4, -0.2) is 45.4 Å². The molecule has 1 fully saturated rings. The lowest BCUT2D eigenvalue weighted by molar-refractivity contribution is 0.282. The van der Waals surface area contributed by atoms with Crippen molar-refractivity contribution in [3.8, 4) is 0 Å². The summed E-state index contributed by atoms with van der Waals surface area (Å²) in [6.07, 6.45) is 1.10. The van der Waals surface area contributed by atoms with Crippen LogP contribution in [-0.2, 0) is 6.54 Å². The van der Waals surface area contributed by atoms with E-state index in [1.807, 2.05) is 19.2 Å². The standard InChI is InChI=1S/C17H21N5OS2/c1-12-10-24-16(18-12)21-5-3-4-20(6-7-21)9-14-8-15(23)22-13(2)11-25-17(22)19-14/h8,10-11H,3-7,9H2,1-2H3. The molecule has 1 aliphatic rings. The molecular weight excluding hydrogens is 354 g/mol. The summed E-state index contributed by atoms with van der Waals surface area (Å²) in [4.78, 5) is 27.2. The Morgan fingerprint density at radius 2 is 1.96 bits per heavy atom. The van der Waals surface area contributed by atoms with Crippen LogP contribution in [0.1, 0.15) is 23.5 Å². The van der Waals surface area contributed by atoms with E-state index >= 15 is 0 Å². The fourth-order valence-corrected chi connectivity index (χ4v) is 4.97. The number of nitrogens with zero attached hydrogens (tertiary/aromatic N) is 5. The van der Waals surface area contributed by atoms with Gasteiger partial charge in [-0.3, -0.25) is 14.1 Å². The van der Waals surface area contributed by atoms with Crippen molar-refractivity contribution in [2.75, 3.05) is 31.1 Å². The minimum absolute atomic E-state index is 0.0217. The van der Waals surface area contributed by atoms with Crippen molar-refractivity contribution >= 4 is 32.8 Å². The average Bonchev–Trinajstić information content (AvgIpc) is 3.08. The molecule has 0 aromatic carbocycles. The first-order valence-corrected chi connectivity index (χ1v) is 10.2. The molecule has 6 nitrogen and oxygen atoms in total. The number of fused-ring (bicyclic) bond motifs is 1. The zero-order valence-corrected chi connectivity index (χ0v) is 16.1. The molecule has 0 amide bonds. The molecule has 132 valence electrons. The summed E-state index contributed by atoms with van der Waals surface area (Å²) in [6.45, 7) is 8.68. The Bertz CT molecular complexity index is 944. The number of anilines is 1. The van der Waals surface area contributed by atoms with Crippen molar-refractivity contribution in [3.05, 3.63) is 44.3 Å². The van der Waals surface area contributed by atoms with Crippen molar-refractivity contribution in [2.24, 2.45) is 0 Å². The van der Waals surface area contributed by atoms with E-state index in [2.05, 4.69) is 25.1 Å². The van der Waals surface area contributed by atoms with Gasteiger partial charge in [0.15, 0.2) is 10.1 Å². The molecule has 1 saturated heterocycles. The summed E-state index contributed by atoms with van der Waals surface area (Å²) in [5.41, 5.74) is 2.93. The van der Waals surface area contributed by atoms with Gasteiger partial charge < -0.3 is 4.90 Å². The molecule has 3 aromatic rings. The summed E-state index contributed by atoms with van der Waals surface area (Å²) >= 11 is 3.24. The maximum Gasteiger partial charge on any atom is 0.259 e. The van der Waals surface area contributed by atoms with Gasteiger partial charge in [-0.1, -0.05) is 0 Å². The van der Waals surface area contributed by atoms with Gasteiger partial charge in [0.05, 0.1) is 11.4 Å². The van der Waals surface area contributed by atoms with E-state index in [9.17, 15) is 4.79 Å². The molecule has 0 spiro atoms. The molecule has 8 heteroatoms. The first-order valence-electron chi connectivity index (χ1n) is 8.46. The summed E-state index contributed by atoms with van der Waals surface area (Å²) in [7, 11) is 0. The third kappa shape index (κ3) is 3.47. The predicted octanol–water partition coefficient (Wildman–Crippen LogP) is 2.54. The van der Waals surface area contributed by atoms with Crippen LogP contribution < -0.4 is 10.5 Å². The lowest BCUT2D eigenvalue weighted by Gasteiger charge is -2.21. The van der Waals surface area contributed by atoms with Crippen LogP contribution in [0.5, 0.6) is 0 Å². The van der Waals surface area contributed by atoms with E-state index in [1.54, 1.807) is 21.8 Å². The molecular formula is C17H21N5OS2. The zero-order chi connectivity index (χ0) is 17.4. The normalized spacial score (nSPS) is 16.5. The quantitative estimate of drug-likeness (QED) is 0.704. The lowest BCUT2D eigenvalue weighted by Crippen LogP contribution is -2.31. The number of hydrogen-bond acceptors (Lipinski definition) is 7. The minimum atomic E-state index is 0.0217. The minimum Gasteiger partial charge on any atom is -0.347 e. The topological polar surface area (TPSA) is 53.7 Å². The van der Waals surface area contributed by atoms with Gasteiger partial charge in [-0.2, -0.15) is 0 Å². The van der Waals surface area contributed by atoms with Crippen LogP contribution in [0.15, 0.2) is 21.6 Å². The number of thiazole rings is 2. The van der Waals surface area contributed by atoms with Gasteiger partial charge in [0.1, 0.15) is 0 Å². The maximum absolute atomic E-state index is 12.3. The molecule has 0 N–H and O–H groups in total. The van der Waals surface area contributed by atoms with E-state index in [0.29, 0.717) is 0 Å². The Morgan fingerprint density at radius 1 is 1.08 bits per heavy atom. The number of aromatic nitrogens is 3. The molecule has 0 saturated carbocycles. The van der Waals surface area contributed by atoms with Crippen molar-refractivity contribution < 1.29 is 0 Å². The summed E-state index contributed by atoms with van der Waals surface area (Å²) in [5.74, 6) is 0. The van der Waals surface area contributed by atoms with Crippen LogP contribution in [0.25, 0.3) is 4.96 Å². The highest BCUT2D eigenvalue weighted by atomic mass is 32.1. The van der Waals surface area contributed by atoms with Gasteiger partial charge in [0.2, 0.25) is 0 Å². The number of aryl methyl sites for hydroxylation is 2. The van der Waals surface area contributed by atoms with E-state index < -0.39 is 0 Å². The molecule has 4 rings (SSSR count). The Hall–Kier alpha value is -1.77. The second-order valence-corrected chi connectivity index (χ2v) is 8.14. The molecule has 0 bridgehead atoms. The first kappa shape index (κ1) is 16.7. The summed E-state index contributed by atoms with van der Waals surface area (Å²) in [5, 5.41) is 5.20. The third-order valence-electron chi connectivity index (χ3n) is 4.48. The van der Waals surface area contributed by atoms with Crippen molar-refractivity contribution in [1.82, 2.24) is 19.3 Å². The SMILES string of the molecule is Cc1csc(N2CCCN(Cc3cc(=O)n4c(C)csc4n3)CC2)n1. The van der Waals surface area contributed by atoms with Gasteiger partial charge in [-0.15, -0.1) is 22.7 Å². The molecule has 1 aliphatic heterocycles. The second-order valence-electron chi connectivity index (χ2n) is 6.47. The zero-order valence-electron chi connectivity index (χ0n) is 14.4. The fourth-order valence-electron chi connectivity index (χ4n) is 3.22. The molecule has 0 aliphatic carbocycles. The fraction of sp³-hybridized carbons (Fsp3) is 0.471. The van der Waals surface area contributed by atoms with E-state index in [4.69, 9.17) is 0 Å². The molecule has 0 atom stereocenters. The number of rotatable bonds is 3. The highest BCUT2D eigenvalue weighted by molar-refractivity contribution is 7.15. The van der Waals surface area contributed by atoms with Gasteiger partial charge >= 0.3 is 0 Å². The highest BCUT2D eigenvalue weighted by Crippen LogP contribution is 2.22. The Kier molecular flexibility index (Phi) is 4.58. The van der Waals surface area contributed by atoms with E-state index in [-0.39, 0.29) is 5.56 Å². The van der Waals surface area contributed by atoms with Crippen LogP contribution in [0.4, 0.5) is 5.13 Å². The number of hydrogen-bond donors (Lipinski definition) is 0. The van der Waals surface area contributed by atoms with Crippen LogP contribution >= 0.6 is 22.7 Å². The molecule has 0 unspecified atom stereocenters. The highest BCUT2D eigenvalue weighted by Gasteiger charge is 2.18. The van der Waals surface area contributed by atoms with Gasteiger partial charge in [0, 0.05) is 55.2 Å². The van der Waals surface area contributed by atoms with Crippen LogP contribution in [0, 0.1) is 13.8 Å². The Labute approximate surface area is 154 Å². The van der Waals surface area contributed by atoms with Crippen molar-refractivity contribution in [2.45, 2.75) is 26.8 Å². The first-order chi connectivity index (χ1) is 12.1. The largest absolute Gasteiger partial charge is 0.347 e. The van der Waals surface area contributed by atoms with Crippen LogP contribution in [0.3, 0.4) is 0 Å². The monoisotopic (exact) mass is 375 g/mol. The van der Waals surface area contributed by atoms with Gasteiger partial charge in [-0.25, -0.2) is 9.97 Å². The average molecular weight is 376 g/mol. The summed E-state index contributed by atoms with van der Waals surface area (Å²) in [6, 6.07) is 1.68. The van der Waals surface area contributed by atoms with E-state index in [0.717, 1.165) is 66.3 Å². The van der Waals surface area contributed by atoms with Crippen molar-refractivity contribution in [1.29, 1.82) is 0 Å². The smallest absolute Gasteiger partial charge is 0.259 e. The Balaban J connectivity index is 1.47. The van der Waals surface area contributed by atoms with Gasteiger partial charge in [0.25, 0.3) is 5.56 Å². The lowest BCUT2D eigenvalue weighted by atomic mass is 10.3. The van der Waals surface area contributed by atoms with Gasteiger partial charge in [-0.05, 0) is 20.3 Å². The molecule has 0 radical (unpaired) electrons. The third-order valence-corrected chi connectivity index (χ3v) is 6.44. The van der Waals surface area contributed by atoms with Crippen LogP contribution in [0.2, 0.25) is 0 Å². The molecule has 3 aromatic heterocycles. The van der Waals surface area contributed by atoms with Crippen molar-refractivity contribution in [3.63, 3.8) is 0 Å². The second kappa shape index (κ2) is 6.86. The predicted molar refractivity (Wildman–Crippen MR) is 103 cm³/mol.